The summed E-state index contributed by atoms with van der Waals surface area (Å²) >= 11 is 0. The Hall–Kier alpha value is -3.80. The second-order valence-electron chi connectivity index (χ2n) is 8.42. The van der Waals surface area contributed by atoms with Crippen molar-refractivity contribution in [1.29, 1.82) is 0 Å². The van der Waals surface area contributed by atoms with Gasteiger partial charge in [0.25, 0.3) is 0 Å². The number of carbonyl (C=O) groups is 2. The molecule has 0 unspecified atom stereocenters. The van der Waals surface area contributed by atoms with Crippen molar-refractivity contribution < 1.29 is 28.5 Å². The Labute approximate surface area is 212 Å². The molecule has 0 fully saturated rings. The summed E-state index contributed by atoms with van der Waals surface area (Å²) in [5.74, 6) is 0.671. The maximum Gasteiger partial charge on any atom is 0.518 e. The van der Waals surface area contributed by atoms with E-state index in [9.17, 15) is 9.59 Å². The van der Waals surface area contributed by atoms with Gasteiger partial charge in [0.1, 0.15) is 11.5 Å². The fourth-order valence-corrected chi connectivity index (χ4v) is 3.85. The van der Waals surface area contributed by atoms with Crippen LogP contribution in [0, 0.1) is 0 Å². The number of fused-ring (bicyclic) bond motifs is 2. The molecule has 0 saturated heterocycles. The Morgan fingerprint density at radius 3 is 1.31 bits per heavy atom. The van der Waals surface area contributed by atoms with Gasteiger partial charge in [-0.25, -0.2) is 9.59 Å². The van der Waals surface area contributed by atoms with E-state index in [2.05, 4.69) is 13.8 Å². The highest BCUT2D eigenvalue weighted by molar-refractivity contribution is 6.12. The number of unbranched alkanes of at least 4 members (excludes halogenated alkanes) is 6. The highest BCUT2D eigenvalue weighted by Crippen LogP contribution is 2.42. The third-order valence-electron chi connectivity index (χ3n) is 5.67. The summed E-state index contributed by atoms with van der Waals surface area (Å²) in [5.41, 5.74) is 0. The van der Waals surface area contributed by atoms with Crippen molar-refractivity contribution in [3.63, 3.8) is 0 Å². The first kappa shape index (κ1) is 26.8. The molecule has 0 aliphatic rings. The summed E-state index contributed by atoms with van der Waals surface area (Å²) in [6.07, 6.45) is 13.0. The lowest BCUT2D eigenvalue weighted by atomic mass is 10.0. The molecule has 0 heterocycles. The molecule has 0 atom stereocenters. The fourth-order valence-electron chi connectivity index (χ4n) is 3.85. The van der Waals surface area contributed by atoms with Gasteiger partial charge in [0.15, 0.2) is 0 Å². The largest absolute Gasteiger partial charge is 0.518 e. The molecular weight excluding hydrogens is 456 g/mol. The first-order valence-corrected chi connectivity index (χ1v) is 12.7. The average Bonchev–Trinajstić information content (AvgIpc) is 2.90. The zero-order valence-electron chi connectivity index (χ0n) is 21.0. The Kier molecular flexibility index (Phi) is 10.8. The third-order valence-corrected chi connectivity index (χ3v) is 5.67. The molecule has 0 aromatic heterocycles. The van der Waals surface area contributed by atoms with Gasteiger partial charge in [0.05, 0.1) is 12.5 Å². The lowest BCUT2D eigenvalue weighted by Crippen LogP contribution is -2.10. The third kappa shape index (κ3) is 7.60. The first-order chi connectivity index (χ1) is 17.7. The standard InChI is InChI=1S/C30H34O6/c1-3-5-7-9-15-21-33-29(31)35-27-23-17-11-13-19-25(23)28(26-20-14-12-18-24(26)27)36-30(32)34-22-16-10-8-6-4-2/h11-22H,3-10H2,1-2H3/b21-15+,22-16+. The summed E-state index contributed by atoms with van der Waals surface area (Å²) in [5, 5.41) is 2.44. The highest BCUT2D eigenvalue weighted by Gasteiger charge is 2.20. The van der Waals surface area contributed by atoms with Gasteiger partial charge in [-0.1, -0.05) is 88.1 Å². The van der Waals surface area contributed by atoms with Crippen LogP contribution in [0.2, 0.25) is 0 Å². The SMILES string of the molecule is CCCCC/C=C/OC(=O)Oc1c2ccccc2c(OC(=O)O/C=C/CCCCC)c2ccccc12. The van der Waals surface area contributed by atoms with Crippen LogP contribution < -0.4 is 9.47 Å². The van der Waals surface area contributed by atoms with Crippen LogP contribution in [0.25, 0.3) is 21.5 Å². The molecule has 6 heteroatoms. The van der Waals surface area contributed by atoms with Crippen molar-refractivity contribution in [2.45, 2.75) is 65.2 Å². The van der Waals surface area contributed by atoms with Crippen LogP contribution in [0.15, 0.2) is 73.2 Å². The number of ether oxygens (including phenoxy) is 4. The van der Waals surface area contributed by atoms with E-state index >= 15 is 0 Å². The number of hydrogen-bond donors (Lipinski definition) is 0. The fraction of sp³-hybridized carbons (Fsp3) is 0.333. The number of benzene rings is 3. The van der Waals surface area contributed by atoms with E-state index < -0.39 is 12.3 Å². The van der Waals surface area contributed by atoms with E-state index in [4.69, 9.17) is 18.9 Å². The van der Waals surface area contributed by atoms with Gasteiger partial charge >= 0.3 is 12.3 Å². The smallest absolute Gasteiger partial charge is 0.403 e. The molecule has 0 spiro atoms. The topological polar surface area (TPSA) is 71.1 Å². The maximum absolute atomic E-state index is 12.5. The van der Waals surface area contributed by atoms with E-state index in [0.717, 1.165) is 51.4 Å². The van der Waals surface area contributed by atoms with Crippen molar-refractivity contribution in [3.8, 4) is 11.5 Å². The van der Waals surface area contributed by atoms with Crippen LogP contribution in [-0.4, -0.2) is 12.3 Å². The summed E-state index contributed by atoms with van der Waals surface area (Å²) in [7, 11) is 0. The highest BCUT2D eigenvalue weighted by atomic mass is 16.7. The molecule has 0 amide bonds. The van der Waals surface area contributed by atoms with Gasteiger partial charge in [-0.05, 0) is 37.8 Å². The minimum Gasteiger partial charge on any atom is -0.403 e. The molecule has 0 N–H and O–H groups in total. The van der Waals surface area contributed by atoms with Crippen LogP contribution >= 0.6 is 0 Å². The lowest BCUT2D eigenvalue weighted by Gasteiger charge is -2.15. The lowest BCUT2D eigenvalue weighted by molar-refractivity contribution is 0.134. The molecule has 0 saturated carbocycles. The normalized spacial score (nSPS) is 11.4. The molecule has 3 aromatic rings. The molecule has 3 rings (SSSR count). The number of allylic oxidation sites excluding steroid dienone is 2. The van der Waals surface area contributed by atoms with E-state index in [1.54, 1.807) is 24.3 Å². The number of hydrogen-bond acceptors (Lipinski definition) is 6. The number of carbonyl (C=O) groups excluding carboxylic acids is 2. The molecule has 36 heavy (non-hydrogen) atoms. The summed E-state index contributed by atoms with van der Waals surface area (Å²) in [6, 6.07) is 14.5. The Morgan fingerprint density at radius 2 is 0.972 bits per heavy atom. The Balaban J connectivity index is 1.82. The van der Waals surface area contributed by atoms with E-state index in [0.29, 0.717) is 33.0 Å². The quantitative estimate of drug-likeness (QED) is 0.0828. The molecule has 0 aliphatic heterocycles. The monoisotopic (exact) mass is 490 g/mol. The van der Waals surface area contributed by atoms with E-state index in [1.807, 2.05) is 36.4 Å². The zero-order chi connectivity index (χ0) is 25.6. The molecule has 3 aromatic carbocycles. The van der Waals surface area contributed by atoms with E-state index in [-0.39, 0.29) is 0 Å². The van der Waals surface area contributed by atoms with Crippen molar-refractivity contribution in [2.24, 2.45) is 0 Å². The van der Waals surface area contributed by atoms with Crippen LogP contribution in [0.1, 0.15) is 65.2 Å². The minimum atomic E-state index is -0.835. The van der Waals surface area contributed by atoms with Crippen molar-refractivity contribution >= 4 is 33.9 Å². The van der Waals surface area contributed by atoms with Crippen LogP contribution in [0.3, 0.4) is 0 Å². The first-order valence-electron chi connectivity index (χ1n) is 12.7. The Bertz CT molecular complexity index is 1060. The van der Waals surface area contributed by atoms with Gasteiger partial charge in [-0.3, -0.25) is 0 Å². The van der Waals surface area contributed by atoms with Crippen molar-refractivity contribution in [2.75, 3.05) is 0 Å². The summed E-state index contributed by atoms with van der Waals surface area (Å²) < 4.78 is 21.6. The van der Waals surface area contributed by atoms with Crippen LogP contribution in [-0.2, 0) is 9.47 Å². The predicted molar refractivity (Wildman–Crippen MR) is 142 cm³/mol. The van der Waals surface area contributed by atoms with E-state index in [1.165, 1.54) is 12.5 Å². The van der Waals surface area contributed by atoms with Gasteiger partial charge in [0.2, 0.25) is 0 Å². The zero-order valence-corrected chi connectivity index (χ0v) is 21.0. The molecular formula is C30H34O6. The molecule has 6 nitrogen and oxygen atoms in total. The summed E-state index contributed by atoms with van der Waals surface area (Å²) in [4.78, 5) is 24.9. The van der Waals surface area contributed by atoms with Gasteiger partial charge in [-0.2, -0.15) is 0 Å². The van der Waals surface area contributed by atoms with Gasteiger partial charge in [0, 0.05) is 21.5 Å². The van der Waals surface area contributed by atoms with Gasteiger partial charge in [-0.15, -0.1) is 0 Å². The predicted octanol–water partition coefficient (Wildman–Crippen LogP) is 9.21. The van der Waals surface area contributed by atoms with Crippen molar-refractivity contribution in [1.82, 2.24) is 0 Å². The minimum absolute atomic E-state index is 0.335. The summed E-state index contributed by atoms with van der Waals surface area (Å²) in [6.45, 7) is 4.27. The maximum atomic E-state index is 12.5. The second-order valence-corrected chi connectivity index (χ2v) is 8.42. The van der Waals surface area contributed by atoms with Gasteiger partial charge < -0.3 is 18.9 Å². The molecule has 0 aliphatic carbocycles. The van der Waals surface area contributed by atoms with Crippen LogP contribution in [0.4, 0.5) is 9.59 Å². The second kappa shape index (κ2) is 14.6. The molecule has 0 radical (unpaired) electrons. The van der Waals surface area contributed by atoms with Crippen LogP contribution in [0.5, 0.6) is 11.5 Å². The molecule has 0 bridgehead atoms. The average molecular weight is 491 g/mol. The van der Waals surface area contributed by atoms with Crippen molar-refractivity contribution in [3.05, 3.63) is 73.2 Å². The number of rotatable bonds is 12. The Morgan fingerprint density at radius 1 is 0.611 bits per heavy atom. The molecule has 190 valence electrons.